The highest BCUT2D eigenvalue weighted by Gasteiger charge is 2.19. The summed E-state index contributed by atoms with van der Waals surface area (Å²) in [5.74, 6) is 0. The zero-order chi connectivity index (χ0) is 14.4. The van der Waals surface area contributed by atoms with E-state index in [0.717, 1.165) is 26.3 Å². The Morgan fingerprint density at radius 1 is 1.45 bits per heavy atom. The van der Waals surface area contributed by atoms with Crippen LogP contribution in [0.4, 0.5) is 0 Å². The highest BCUT2D eigenvalue weighted by atomic mass is 16.5. The van der Waals surface area contributed by atoms with Gasteiger partial charge in [0.1, 0.15) is 0 Å². The van der Waals surface area contributed by atoms with Gasteiger partial charge < -0.3 is 9.84 Å². The normalized spacial score (nSPS) is 20.0. The molecule has 112 valence electrons. The summed E-state index contributed by atoms with van der Waals surface area (Å²) in [7, 11) is 2.04. The number of nitrogens with zero attached hydrogens (tertiary/aromatic N) is 3. The zero-order valence-electron chi connectivity index (χ0n) is 12.4. The van der Waals surface area contributed by atoms with E-state index in [-0.39, 0.29) is 12.1 Å². The maximum absolute atomic E-state index is 10.2. The molecule has 2 unspecified atom stereocenters. The molecule has 0 amide bonds. The minimum Gasteiger partial charge on any atom is -0.390 e. The minimum atomic E-state index is -0.336. The number of rotatable bonds is 6. The molecule has 1 aliphatic heterocycles. The Bertz CT molecular complexity index is 382. The molecule has 1 aromatic heterocycles. The Morgan fingerprint density at radius 2 is 2.20 bits per heavy atom. The lowest BCUT2D eigenvalue weighted by Crippen LogP contribution is -2.44. The first-order valence-corrected chi connectivity index (χ1v) is 7.25. The van der Waals surface area contributed by atoms with Gasteiger partial charge in [-0.1, -0.05) is 6.07 Å². The molecule has 0 bridgehead atoms. The van der Waals surface area contributed by atoms with Gasteiger partial charge in [-0.05, 0) is 25.6 Å². The molecular formula is C15H25N3O2. The van der Waals surface area contributed by atoms with Crippen molar-refractivity contribution in [3.63, 3.8) is 0 Å². The average Bonchev–Trinajstić information content (AvgIpc) is 2.48. The number of β-amino-alcohol motifs (C(OH)–C–C–N with tert-alkyl or cyclic N) is 1. The molecule has 1 aliphatic rings. The van der Waals surface area contributed by atoms with E-state index >= 15 is 0 Å². The van der Waals surface area contributed by atoms with E-state index in [1.165, 1.54) is 5.56 Å². The van der Waals surface area contributed by atoms with Gasteiger partial charge in [0, 0.05) is 44.6 Å². The molecule has 1 N–H and O–H groups in total. The molecule has 0 spiro atoms. The monoisotopic (exact) mass is 279 g/mol. The number of hydrogen-bond donors (Lipinski definition) is 1. The van der Waals surface area contributed by atoms with Crippen molar-refractivity contribution < 1.29 is 9.84 Å². The fourth-order valence-electron chi connectivity index (χ4n) is 2.51. The van der Waals surface area contributed by atoms with E-state index in [1.54, 1.807) is 6.20 Å². The van der Waals surface area contributed by atoms with E-state index in [0.29, 0.717) is 13.1 Å². The van der Waals surface area contributed by atoms with E-state index in [4.69, 9.17) is 4.74 Å². The van der Waals surface area contributed by atoms with E-state index < -0.39 is 0 Å². The number of ether oxygens (including phenoxy) is 1. The first-order chi connectivity index (χ1) is 9.66. The topological polar surface area (TPSA) is 48.8 Å². The summed E-state index contributed by atoms with van der Waals surface area (Å²) in [6.07, 6.45) is 3.33. The molecule has 0 aliphatic carbocycles. The standard InChI is InChI=1S/C15H25N3O2/c1-13(14-4-3-5-16-10-14)17(2)11-15(19)12-18-6-8-20-9-7-18/h3-5,10,13,15,19H,6-9,11-12H2,1-2H3. The SMILES string of the molecule is CC(c1cccnc1)N(C)CC(O)CN1CCOCC1. The summed E-state index contributed by atoms with van der Waals surface area (Å²) in [5.41, 5.74) is 1.17. The average molecular weight is 279 g/mol. The van der Waals surface area contributed by atoms with Crippen LogP contribution in [0.3, 0.4) is 0 Å². The molecule has 1 fully saturated rings. The first kappa shape index (κ1) is 15.4. The Hall–Kier alpha value is -1.01. The van der Waals surface area contributed by atoms with Crippen LogP contribution in [0.25, 0.3) is 0 Å². The zero-order valence-corrected chi connectivity index (χ0v) is 12.4. The number of morpholine rings is 1. The molecule has 2 rings (SSSR count). The van der Waals surface area contributed by atoms with Crippen molar-refractivity contribution in [3.8, 4) is 0 Å². The highest BCUT2D eigenvalue weighted by Crippen LogP contribution is 2.17. The molecule has 0 saturated carbocycles. The summed E-state index contributed by atoms with van der Waals surface area (Å²) < 4.78 is 5.32. The molecule has 0 radical (unpaired) electrons. The number of pyridine rings is 1. The van der Waals surface area contributed by atoms with Crippen LogP contribution >= 0.6 is 0 Å². The second kappa shape index (κ2) is 7.69. The first-order valence-electron chi connectivity index (χ1n) is 7.25. The van der Waals surface area contributed by atoms with Crippen LogP contribution in [0.5, 0.6) is 0 Å². The van der Waals surface area contributed by atoms with Gasteiger partial charge in [-0.25, -0.2) is 0 Å². The molecule has 5 nitrogen and oxygen atoms in total. The third kappa shape index (κ3) is 4.52. The van der Waals surface area contributed by atoms with Crippen molar-refractivity contribution in [1.82, 2.24) is 14.8 Å². The van der Waals surface area contributed by atoms with Gasteiger partial charge in [0.25, 0.3) is 0 Å². The van der Waals surface area contributed by atoms with Gasteiger partial charge in [0.15, 0.2) is 0 Å². The lowest BCUT2D eigenvalue weighted by atomic mass is 10.1. The maximum Gasteiger partial charge on any atom is 0.0793 e. The van der Waals surface area contributed by atoms with Crippen LogP contribution in [0.2, 0.25) is 0 Å². The molecule has 1 aromatic rings. The Kier molecular flexibility index (Phi) is 5.91. The number of aliphatic hydroxyl groups is 1. The molecule has 5 heteroatoms. The molecule has 0 aromatic carbocycles. The minimum absolute atomic E-state index is 0.253. The summed E-state index contributed by atoms with van der Waals surface area (Å²) in [4.78, 5) is 8.58. The van der Waals surface area contributed by atoms with E-state index in [2.05, 4.69) is 27.8 Å². The summed E-state index contributed by atoms with van der Waals surface area (Å²) in [6.45, 7) is 6.89. The summed E-state index contributed by atoms with van der Waals surface area (Å²) >= 11 is 0. The van der Waals surface area contributed by atoms with Crippen LogP contribution < -0.4 is 0 Å². The molecule has 20 heavy (non-hydrogen) atoms. The fourth-order valence-corrected chi connectivity index (χ4v) is 2.51. The van der Waals surface area contributed by atoms with Gasteiger partial charge >= 0.3 is 0 Å². The third-order valence-corrected chi connectivity index (χ3v) is 3.90. The Morgan fingerprint density at radius 3 is 2.85 bits per heavy atom. The van der Waals surface area contributed by atoms with Crippen LogP contribution in [0.15, 0.2) is 24.5 Å². The second-order valence-corrected chi connectivity index (χ2v) is 5.47. The van der Waals surface area contributed by atoms with Crippen LogP contribution in [-0.2, 0) is 4.74 Å². The van der Waals surface area contributed by atoms with Gasteiger partial charge in [-0.3, -0.25) is 14.8 Å². The molecular weight excluding hydrogens is 254 g/mol. The molecule has 2 atom stereocenters. The van der Waals surface area contributed by atoms with Gasteiger partial charge in [-0.15, -0.1) is 0 Å². The van der Waals surface area contributed by atoms with Crippen LogP contribution in [0, 0.1) is 0 Å². The Balaban J connectivity index is 1.79. The van der Waals surface area contributed by atoms with Crippen molar-refractivity contribution in [2.45, 2.75) is 19.1 Å². The predicted octanol–water partition coefficient (Wildman–Crippen LogP) is 0.768. The van der Waals surface area contributed by atoms with Gasteiger partial charge in [0.05, 0.1) is 19.3 Å². The smallest absolute Gasteiger partial charge is 0.0793 e. The summed E-state index contributed by atoms with van der Waals surface area (Å²) in [5, 5.41) is 10.2. The Labute approximate surface area is 121 Å². The highest BCUT2D eigenvalue weighted by molar-refractivity contribution is 5.12. The maximum atomic E-state index is 10.2. The van der Waals surface area contributed by atoms with Gasteiger partial charge in [0.2, 0.25) is 0 Å². The van der Waals surface area contributed by atoms with Crippen molar-refractivity contribution >= 4 is 0 Å². The molecule has 2 heterocycles. The fraction of sp³-hybridized carbons (Fsp3) is 0.667. The van der Waals surface area contributed by atoms with E-state index in [1.807, 2.05) is 19.3 Å². The number of hydrogen-bond acceptors (Lipinski definition) is 5. The predicted molar refractivity (Wildman–Crippen MR) is 78.5 cm³/mol. The third-order valence-electron chi connectivity index (χ3n) is 3.90. The van der Waals surface area contributed by atoms with Crippen molar-refractivity contribution in [2.24, 2.45) is 0 Å². The lowest BCUT2D eigenvalue weighted by Gasteiger charge is -2.31. The van der Waals surface area contributed by atoms with Gasteiger partial charge in [-0.2, -0.15) is 0 Å². The summed E-state index contributed by atoms with van der Waals surface area (Å²) in [6, 6.07) is 4.27. The van der Waals surface area contributed by atoms with E-state index in [9.17, 15) is 5.11 Å². The quantitative estimate of drug-likeness (QED) is 0.833. The van der Waals surface area contributed by atoms with Crippen LogP contribution in [0.1, 0.15) is 18.5 Å². The number of aromatic nitrogens is 1. The number of likely N-dealkylation sites (N-methyl/N-ethyl adjacent to an activating group) is 1. The van der Waals surface area contributed by atoms with Crippen molar-refractivity contribution in [2.75, 3.05) is 46.4 Å². The van der Waals surface area contributed by atoms with Crippen LogP contribution in [-0.4, -0.2) is 72.4 Å². The number of aliphatic hydroxyl groups excluding tert-OH is 1. The second-order valence-electron chi connectivity index (χ2n) is 5.47. The van der Waals surface area contributed by atoms with Crippen molar-refractivity contribution in [1.29, 1.82) is 0 Å². The molecule has 1 saturated heterocycles. The largest absolute Gasteiger partial charge is 0.390 e. The lowest BCUT2D eigenvalue weighted by molar-refractivity contribution is 0.00625. The van der Waals surface area contributed by atoms with Crippen molar-refractivity contribution in [3.05, 3.63) is 30.1 Å².